The zero-order valence-electron chi connectivity index (χ0n) is 15.6. The first kappa shape index (κ1) is 21.2. The summed E-state index contributed by atoms with van der Waals surface area (Å²) in [6, 6.07) is 10.3. The van der Waals surface area contributed by atoms with Gasteiger partial charge < -0.3 is 4.90 Å². The Morgan fingerprint density at radius 2 is 1.76 bits per heavy atom. The summed E-state index contributed by atoms with van der Waals surface area (Å²) in [6.45, 7) is 3.24. The third kappa shape index (κ3) is 3.37. The highest BCUT2D eigenvalue weighted by molar-refractivity contribution is 7.90. The zero-order chi connectivity index (χ0) is 21.7. The molecule has 0 spiro atoms. The van der Waals surface area contributed by atoms with Crippen LogP contribution in [0.1, 0.15) is 19.4 Å². The van der Waals surface area contributed by atoms with E-state index in [9.17, 15) is 17.6 Å². The highest BCUT2D eigenvalue weighted by atomic mass is 35.5. The first-order valence-corrected chi connectivity index (χ1v) is 11.0. The van der Waals surface area contributed by atoms with Crippen molar-refractivity contribution in [1.29, 1.82) is 5.26 Å². The SMILES string of the molecule is CC1(C)C(=O)N(c2ccc(C#N)c(Cl)c2F)C(=S)N1c1ccc(S(C)(=O)=O)cc1. The summed E-state index contributed by atoms with van der Waals surface area (Å²) in [5.41, 5.74) is -0.912. The molecule has 0 N–H and O–H groups in total. The number of hydrogen-bond acceptors (Lipinski definition) is 5. The normalized spacial score (nSPS) is 16.3. The first-order valence-electron chi connectivity index (χ1n) is 8.28. The summed E-state index contributed by atoms with van der Waals surface area (Å²) in [5.74, 6) is -1.42. The van der Waals surface area contributed by atoms with Crippen LogP contribution in [0.25, 0.3) is 0 Å². The summed E-state index contributed by atoms with van der Waals surface area (Å²) in [5, 5.41) is 8.61. The number of carbonyl (C=O) groups excluding carboxylic acids is 1. The Labute approximate surface area is 178 Å². The molecule has 0 saturated carbocycles. The van der Waals surface area contributed by atoms with E-state index in [-0.39, 0.29) is 21.3 Å². The van der Waals surface area contributed by atoms with Crippen LogP contribution in [0.15, 0.2) is 41.3 Å². The molecule has 2 aromatic carbocycles. The van der Waals surface area contributed by atoms with Crippen LogP contribution in [0.3, 0.4) is 0 Å². The van der Waals surface area contributed by atoms with Crippen LogP contribution in [-0.2, 0) is 14.6 Å². The van der Waals surface area contributed by atoms with E-state index < -0.39 is 32.1 Å². The second-order valence-corrected chi connectivity index (χ2v) is 9.71. The molecule has 1 saturated heterocycles. The maximum Gasteiger partial charge on any atom is 0.259 e. The van der Waals surface area contributed by atoms with E-state index in [4.69, 9.17) is 29.1 Å². The van der Waals surface area contributed by atoms with Gasteiger partial charge in [0.15, 0.2) is 20.8 Å². The molecule has 1 aliphatic heterocycles. The smallest absolute Gasteiger partial charge is 0.259 e. The van der Waals surface area contributed by atoms with Crippen molar-refractivity contribution in [3.05, 3.63) is 52.8 Å². The fourth-order valence-corrected chi connectivity index (χ4v) is 4.43. The van der Waals surface area contributed by atoms with Crippen LogP contribution in [0.4, 0.5) is 15.8 Å². The lowest BCUT2D eigenvalue weighted by molar-refractivity contribution is -0.120. The number of anilines is 2. The number of halogens is 2. The van der Waals surface area contributed by atoms with Gasteiger partial charge in [0.25, 0.3) is 5.91 Å². The van der Waals surface area contributed by atoms with Crippen molar-refractivity contribution in [2.24, 2.45) is 0 Å². The van der Waals surface area contributed by atoms with Crippen molar-refractivity contribution in [1.82, 2.24) is 0 Å². The molecular formula is C19H15ClFN3O3S2. The van der Waals surface area contributed by atoms with Gasteiger partial charge in [-0.3, -0.25) is 9.69 Å². The minimum atomic E-state index is -3.39. The van der Waals surface area contributed by atoms with E-state index in [0.29, 0.717) is 5.69 Å². The lowest BCUT2D eigenvalue weighted by Crippen LogP contribution is -2.44. The van der Waals surface area contributed by atoms with Gasteiger partial charge in [0.1, 0.15) is 11.6 Å². The molecule has 0 atom stereocenters. The molecule has 3 rings (SSSR count). The summed E-state index contributed by atoms with van der Waals surface area (Å²) < 4.78 is 38.2. The molecule has 0 aliphatic carbocycles. The van der Waals surface area contributed by atoms with Gasteiger partial charge in [0.2, 0.25) is 0 Å². The average Bonchev–Trinajstić information content (AvgIpc) is 2.82. The number of benzene rings is 2. The van der Waals surface area contributed by atoms with E-state index in [1.54, 1.807) is 19.9 Å². The lowest BCUT2D eigenvalue weighted by atomic mass is 10.0. The summed E-state index contributed by atoms with van der Waals surface area (Å²) in [6.07, 6.45) is 1.09. The molecule has 2 aromatic rings. The van der Waals surface area contributed by atoms with Gasteiger partial charge in [-0.1, -0.05) is 11.6 Å². The van der Waals surface area contributed by atoms with Crippen molar-refractivity contribution in [3.63, 3.8) is 0 Å². The molecule has 1 amide bonds. The van der Waals surface area contributed by atoms with Crippen LogP contribution in [0.5, 0.6) is 0 Å². The molecule has 1 aliphatic rings. The Bertz CT molecular complexity index is 1190. The third-order valence-corrected chi connectivity index (χ3v) is 6.48. The second-order valence-electron chi connectivity index (χ2n) is 6.96. The first-order chi connectivity index (χ1) is 13.4. The molecule has 1 heterocycles. The molecule has 0 aromatic heterocycles. The predicted octanol–water partition coefficient (Wildman–Crippen LogP) is 3.67. The van der Waals surface area contributed by atoms with E-state index >= 15 is 0 Å². The fraction of sp³-hybridized carbons (Fsp3) is 0.211. The van der Waals surface area contributed by atoms with Gasteiger partial charge in [-0.15, -0.1) is 0 Å². The molecular weight excluding hydrogens is 437 g/mol. The maximum absolute atomic E-state index is 14.8. The van der Waals surface area contributed by atoms with Crippen molar-refractivity contribution in [3.8, 4) is 6.07 Å². The lowest BCUT2D eigenvalue weighted by Gasteiger charge is -2.29. The molecule has 0 radical (unpaired) electrons. The summed E-state index contributed by atoms with van der Waals surface area (Å²) >= 11 is 11.4. The van der Waals surface area contributed by atoms with Crippen molar-refractivity contribution >= 4 is 56.1 Å². The average molecular weight is 452 g/mol. The van der Waals surface area contributed by atoms with Crippen LogP contribution in [0.2, 0.25) is 5.02 Å². The Morgan fingerprint density at radius 3 is 2.28 bits per heavy atom. The van der Waals surface area contributed by atoms with Gasteiger partial charge in [-0.2, -0.15) is 5.26 Å². The molecule has 10 heteroatoms. The van der Waals surface area contributed by atoms with Gasteiger partial charge >= 0.3 is 0 Å². The quantitative estimate of drug-likeness (QED) is 0.662. The highest BCUT2D eigenvalue weighted by Gasteiger charge is 2.51. The number of sulfone groups is 1. The number of nitrogens with zero attached hydrogens (tertiary/aromatic N) is 3. The number of hydrogen-bond donors (Lipinski definition) is 0. The number of thiocarbonyl (C=S) groups is 1. The van der Waals surface area contributed by atoms with E-state index in [1.807, 2.05) is 0 Å². The minimum Gasteiger partial charge on any atom is -0.304 e. The largest absolute Gasteiger partial charge is 0.304 e. The van der Waals surface area contributed by atoms with Gasteiger partial charge in [-0.05, 0) is 62.5 Å². The Hall–Kier alpha value is -2.54. The van der Waals surface area contributed by atoms with Crippen LogP contribution >= 0.6 is 23.8 Å². The van der Waals surface area contributed by atoms with Crippen LogP contribution in [-0.4, -0.2) is 31.2 Å². The number of rotatable bonds is 3. The molecule has 150 valence electrons. The molecule has 1 fully saturated rings. The standard InChI is InChI=1S/C19H15ClFN3O3S2/c1-19(2)17(25)23(14-9-4-11(10-22)15(20)16(14)21)18(28)24(19)12-5-7-13(8-6-12)29(3,26)27/h4-9H,1-3H3. The monoisotopic (exact) mass is 451 g/mol. The number of carbonyl (C=O) groups is 1. The third-order valence-electron chi connectivity index (χ3n) is 4.61. The van der Waals surface area contributed by atoms with Crippen molar-refractivity contribution in [2.75, 3.05) is 16.1 Å². The topological polar surface area (TPSA) is 81.5 Å². The molecule has 0 bridgehead atoms. The number of amides is 1. The zero-order valence-corrected chi connectivity index (χ0v) is 18.0. The van der Waals surface area contributed by atoms with Gasteiger partial charge in [-0.25, -0.2) is 12.8 Å². The number of nitriles is 1. The van der Waals surface area contributed by atoms with Crippen molar-refractivity contribution in [2.45, 2.75) is 24.3 Å². The summed E-state index contributed by atoms with van der Waals surface area (Å²) in [4.78, 5) is 15.8. The fourth-order valence-electron chi connectivity index (χ4n) is 3.08. The molecule has 29 heavy (non-hydrogen) atoms. The minimum absolute atomic E-state index is 0.00628. The Kier molecular flexibility index (Phi) is 5.15. The maximum atomic E-state index is 14.8. The summed E-state index contributed by atoms with van der Waals surface area (Å²) in [7, 11) is -3.39. The molecule has 0 unspecified atom stereocenters. The van der Waals surface area contributed by atoms with Crippen LogP contribution < -0.4 is 9.80 Å². The molecule has 6 nitrogen and oxygen atoms in total. The highest BCUT2D eigenvalue weighted by Crippen LogP contribution is 2.39. The van der Waals surface area contributed by atoms with E-state index in [2.05, 4.69) is 0 Å². The predicted molar refractivity (Wildman–Crippen MR) is 112 cm³/mol. The Morgan fingerprint density at radius 1 is 1.17 bits per heavy atom. The Balaban J connectivity index is 2.10. The van der Waals surface area contributed by atoms with Gasteiger partial charge in [0.05, 0.1) is 21.2 Å². The van der Waals surface area contributed by atoms with Crippen molar-refractivity contribution < 1.29 is 17.6 Å². The van der Waals surface area contributed by atoms with E-state index in [1.165, 1.54) is 41.3 Å². The second kappa shape index (κ2) is 7.06. The van der Waals surface area contributed by atoms with Crippen LogP contribution in [0, 0.1) is 17.1 Å². The van der Waals surface area contributed by atoms with E-state index in [0.717, 1.165) is 11.2 Å². The van der Waals surface area contributed by atoms with Gasteiger partial charge in [0, 0.05) is 11.9 Å².